The number of anilines is 1. The molecule has 0 radical (unpaired) electrons. The SMILES string of the molecule is CC(NC(=O)C1=CC(NC(=O)Nc2ccc(F)cc2F)C(O)C(O)C1)C(N)=O. The highest BCUT2D eigenvalue weighted by Gasteiger charge is 2.34. The van der Waals surface area contributed by atoms with Gasteiger partial charge in [0.2, 0.25) is 11.8 Å². The number of rotatable bonds is 5. The number of benzene rings is 1. The molecule has 0 aromatic heterocycles. The second-order valence-electron chi connectivity index (χ2n) is 6.30. The summed E-state index contributed by atoms with van der Waals surface area (Å²) in [5.74, 6) is -3.29. The summed E-state index contributed by atoms with van der Waals surface area (Å²) in [6.45, 7) is 1.37. The Balaban J connectivity index is 2.10. The molecule has 11 heteroatoms. The van der Waals surface area contributed by atoms with Gasteiger partial charge in [0.05, 0.1) is 17.8 Å². The van der Waals surface area contributed by atoms with Gasteiger partial charge in [-0.15, -0.1) is 0 Å². The largest absolute Gasteiger partial charge is 0.390 e. The van der Waals surface area contributed by atoms with Crippen LogP contribution in [0.1, 0.15) is 13.3 Å². The van der Waals surface area contributed by atoms with Crippen LogP contribution in [-0.2, 0) is 9.59 Å². The molecule has 4 unspecified atom stereocenters. The third-order valence-corrected chi connectivity index (χ3v) is 4.12. The summed E-state index contributed by atoms with van der Waals surface area (Å²) in [7, 11) is 0. The van der Waals surface area contributed by atoms with Crippen LogP contribution in [0, 0.1) is 11.6 Å². The molecule has 2 rings (SSSR count). The van der Waals surface area contributed by atoms with Crippen molar-refractivity contribution in [2.45, 2.75) is 37.6 Å². The minimum atomic E-state index is -1.44. The van der Waals surface area contributed by atoms with Gasteiger partial charge in [0.1, 0.15) is 23.8 Å². The lowest BCUT2D eigenvalue weighted by Gasteiger charge is -2.31. The fraction of sp³-hybridized carbons (Fsp3) is 0.353. The minimum absolute atomic E-state index is 0.0177. The molecule has 0 aliphatic heterocycles. The first-order valence-electron chi connectivity index (χ1n) is 8.28. The highest BCUT2D eigenvalue weighted by atomic mass is 19.1. The van der Waals surface area contributed by atoms with Gasteiger partial charge < -0.3 is 31.9 Å². The van der Waals surface area contributed by atoms with Gasteiger partial charge in [-0.1, -0.05) is 6.08 Å². The molecule has 7 N–H and O–H groups in total. The van der Waals surface area contributed by atoms with Crippen LogP contribution in [-0.4, -0.2) is 52.4 Å². The second kappa shape index (κ2) is 8.76. The van der Waals surface area contributed by atoms with Crippen molar-refractivity contribution in [1.29, 1.82) is 0 Å². The third kappa shape index (κ3) is 5.24. The maximum atomic E-state index is 13.6. The molecule has 0 spiro atoms. The van der Waals surface area contributed by atoms with Gasteiger partial charge in [0.15, 0.2) is 0 Å². The lowest BCUT2D eigenvalue weighted by Crippen LogP contribution is -2.52. The van der Waals surface area contributed by atoms with Crippen LogP contribution in [0.2, 0.25) is 0 Å². The molecule has 0 heterocycles. The first-order valence-corrected chi connectivity index (χ1v) is 8.28. The van der Waals surface area contributed by atoms with E-state index in [0.29, 0.717) is 6.07 Å². The maximum absolute atomic E-state index is 13.6. The number of nitrogens with two attached hydrogens (primary N) is 1. The number of carbonyl (C=O) groups is 3. The van der Waals surface area contributed by atoms with E-state index >= 15 is 0 Å². The van der Waals surface area contributed by atoms with Crippen molar-refractivity contribution < 1.29 is 33.4 Å². The van der Waals surface area contributed by atoms with Gasteiger partial charge in [0, 0.05) is 18.1 Å². The number of halogens is 2. The number of hydrogen-bond acceptors (Lipinski definition) is 5. The standard InChI is InChI=1S/C17H20F2N4O5/c1-7(15(20)26)21-16(27)8-4-12(14(25)13(24)5-8)23-17(28)22-11-3-2-9(18)6-10(11)19/h2-4,6-7,12-14,24-25H,5H2,1H3,(H2,20,26)(H,21,27)(H2,22,23,28). The normalized spacial score (nSPS) is 22.6. The van der Waals surface area contributed by atoms with E-state index in [1.807, 2.05) is 0 Å². The smallest absolute Gasteiger partial charge is 0.319 e. The maximum Gasteiger partial charge on any atom is 0.319 e. The number of aliphatic hydroxyl groups is 2. The van der Waals surface area contributed by atoms with Gasteiger partial charge in [-0.3, -0.25) is 9.59 Å². The molecular formula is C17H20F2N4O5. The topological polar surface area (TPSA) is 154 Å². The average molecular weight is 398 g/mol. The first-order chi connectivity index (χ1) is 13.1. The number of urea groups is 1. The van der Waals surface area contributed by atoms with Crippen molar-refractivity contribution in [3.63, 3.8) is 0 Å². The van der Waals surface area contributed by atoms with Crippen LogP contribution >= 0.6 is 0 Å². The van der Waals surface area contributed by atoms with Crippen LogP contribution in [0.5, 0.6) is 0 Å². The number of carbonyl (C=O) groups excluding carboxylic acids is 3. The molecule has 28 heavy (non-hydrogen) atoms. The summed E-state index contributed by atoms with van der Waals surface area (Å²) < 4.78 is 26.5. The third-order valence-electron chi connectivity index (χ3n) is 4.12. The zero-order valence-electron chi connectivity index (χ0n) is 14.8. The summed E-state index contributed by atoms with van der Waals surface area (Å²) >= 11 is 0. The zero-order valence-corrected chi connectivity index (χ0v) is 14.8. The van der Waals surface area contributed by atoms with Gasteiger partial charge in [-0.2, -0.15) is 0 Å². The summed E-state index contributed by atoms with van der Waals surface area (Å²) in [5.41, 5.74) is 4.78. The Morgan fingerprint density at radius 3 is 2.54 bits per heavy atom. The molecule has 1 aromatic carbocycles. The quantitative estimate of drug-likeness (QED) is 0.395. The molecule has 4 amide bonds. The Hall–Kier alpha value is -3.05. The van der Waals surface area contributed by atoms with Gasteiger partial charge in [0.25, 0.3) is 0 Å². The molecule has 1 aliphatic carbocycles. The Labute approximate surface area is 158 Å². The van der Waals surface area contributed by atoms with Crippen LogP contribution in [0.15, 0.2) is 29.8 Å². The van der Waals surface area contributed by atoms with E-state index in [4.69, 9.17) is 5.73 Å². The van der Waals surface area contributed by atoms with Crippen molar-refractivity contribution in [1.82, 2.24) is 10.6 Å². The summed E-state index contributed by atoms with van der Waals surface area (Å²) in [6.07, 6.45) is -1.82. The summed E-state index contributed by atoms with van der Waals surface area (Å²) in [4.78, 5) is 35.3. The predicted octanol–water partition coefficient (Wildman–Crippen LogP) is -0.503. The lowest BCUT2D eigenvalue weighted by atomic mass is 9.90. The molecule has 0 saturated heterocycles. The van der Waals surface area contributed by atoms with Crippen molar-refractivity contribution in [2.24, 2.45) is 5.73 Å². The van der Waals surface area contributed by atoms with Gasteiger partial charge >= 0.3 is 6.03 Å². The first kappa shape index (κ1) is 21.3. The molecule has 0 fully saturated rings. The molecule has 1 aromatic rings. The van der Waals surface area contributed by atoms with Crippen LogP contribution < -0.4 is 21.7 Å². The van der Waals surface area contributed by atoms with Crippen molar-refractivity contribution in [3.8, 4) is 0 Å². The van der Waals surface area contributed by atoms with Gasteiger partial charge in [-0.05, 0) is 19.1 Å². The minimum Gasteiger partial charge on any atom is -0.390 e. The number of hydrogen-bond donors (Lipinski definition) is 6. The second-order valence-corrected chi connectivity index (χ2v) is 6.30. The Morgan fingerprint density at radius 2 is 1.93 bits per heavy atom. The lowest BCUT2D eigenvalue weighted by molar-refractivity contribution is -0.125. The molecule has 1 aliphatic rings. The van der Waals surface area contributed by atoms with Crippen LogP contribution in [0.4, 0.5) is 19.3 Å². The van der Waals surface area contributed by atoms with E-state index in [9.17, 15) is 33.4 Å². The monoisotopic (exact) mass is 398 g/mol. The molecule has 152 valence electrons. The molecular weight excluding hydrogens is 378 g/mol. The zero-order chi connectivity index (χ0) is 21.0. The molecule has 0 bridgehead atoms. The number of primary amides is 1. The Bertz CT molecular complexity index is 817. The predicted molar refractivity (Wildman–Crippen MR) is 93.8 cm³/mol. The van der Waals surface area contributed by atoms with Crippen LogP contribution in [0.25, 0.3) is 0 Å². The summed E-state index contributed by atoms with van der Waals surface area (Å²) in [5, 5.41) is 26.7. The van der Waals surface area contributed by atoms with Gasteiger partial charge in [-0.25, -0.2) is 13.6 Å². The van der Waals surface area contributed by atoms with Crippen LogP contribution in [0.3, 0.4) is 0 Å². The van der Waals surface area contributed by atoms with Crippen molar-refractivity contribution >= 4 is 23.5 Å². The number of nitrogens with one attached hydrogen (secondary N) is 3. The number of amides is 4. The highest BCUT2D eigenvalue weighted by molar-refractivity contribution is 5.97. The summed E-state index contributed by atoms with van der Waals surface area (Å²) in [6, 6.07) is -0.566. The van der Waals surface area contributed by atoms with E-state index in [0.717, 1.165) is 12.1 Å². The van der Waals surface area contributed by atoms with Crippen molar-refractivity contribution in [2.75, 3.05) is 5.32 Å². The van der Waals surface area contributed by atoms with E-state index in [1.165, 1.54) is 13.0 Å². The Kier molecular flexibility index (Phi) is 6.65. The fourth-order valence-corrected chi connectivity index (χ4v) is 2.53. The molecule has 0 saturated carbocycles. The number of aliphatic hydroxyl groups excluding tert-OH is 2. The average Bonchev–Trinajstić information content (AvgIpc) is 2.60. The van der Waals surface area contributed by atoms with E-state index in [-0.39, 0.29) is 17.7 Å². The Morgan fingerprint density at radius 1 is 1.25 bits per heavy atom. The fourth-order valence-electron chi connectivity index (χ4n) is 2.53. The van der Waals surface area contributed by atoms with E-state index in [1.54, 1.807) is 0 Å². The molecule has 4 atom stereocenters. The van der Waals surface area contributed by atoms with E-state index < -0.39 is 53.8 Å². The molecule has 9 nitrogen and oxygen atoms in total. The highest BCUT2D eigenvalue weighted by Crippen LogP contribution is 2.21. The van der Waals surface area contributed by atoms with E-state index in [2.05, 4.69) is 16.0 Å². The van der Waals surface area contributed by atoms with Crippen molar-refractivity contribution in [3.05, 3.63) is 41.5 Å².